The van der Waals surface area contributed by atoms with Gasteiger partial charge in [-0.3, -0.25) is 19.2 Å². The van der Waals surface area contributed by atoms with Gasteiger partial charge in [0.1, 0.15) is 12.1 Å². The van der Waals surface area contributed by atoms with Crippen LogP contribution in [0.2, 0.25) is 0 Å². The number of aliphatic carboxylic acids is 1. The Kier molecular flexibility index (Phi) is 14.3. The summed E-state index contributed by atoms with van der Waals surface area (Å²) < 4.78 is 0. The van der Waals surface area contributed by atoms with Gasteiger partial charge in [0, 0.05) is 6.42 Å². The first-order valence-corrected chi connectivity index (χ1v) is 12.1. The van der Waals surface area contributed by atoms with E-state index < -0.39 is 65.8 Å². The van der Waals surface area contributed by atoms with Crippen molar-refractivity contribution in [3.05, 3.63) is 0 Å². The Morgan fingerprint density at radius 3 is 1.97 bits per heavy atom. The predicted molar refractivity (Wildman–Crippen MR) is 124 cm³/mol. The monoisotopic (exact) mass is 491 g/mol. The average molecular weight is 492 g/mol. The van der Waals surface area contributed by atoms with E-state index in [1.165, 1.54) is 18.7 Å². The van der Waals surface area contributed by atoms with E-state index in [4.69, 9.17) is 11.5 Å². The summed E-state index contributed by atoms with van der Waals surface area (Å²) >= 11 is 1.51. The molecule has 0 spiro atoms. The molecule has 0 bridgehead atoms. The topological polar surface area (TPSA) is 214 Å². The maximum Gasteiger partial charge on any atom is 0.328 e. The first-order chi connectivity index (χ1) is 15.3. The van der Waals surface area contributed by atoms with Crippen LogP contribution in [0.25, 0.3) is 0 Å². The van der Waals surface area contributed by atoms with E-state index in [9.17, 15) is 34.2 Å². The van der Waals surface area contributed by atoms with Crippen LogP contribution in [-0.2, 0) is 24.0 Å². The molecule has 4 amide bonds. The molecule has 0 fully saturated rings. The van der Waals surface area contributed by atoms with Gasteiger partial charge in [0.2, 0.25) is 23.6 Å². The van der Waals surface area contributed by atoms with E-state index >= 15 is 0 Å². The molecule has 0 saturated heterocycles. The van der Waals surface area contributed by atoms with Crippen molar-refractivity contribution in [3.63, 3.8) is 0 Å². The van der Waals surface area contributed by atoms with Crippen LogP contribution in [0.3, 0.4) is 0 Å². The fourth-order valence-corrected chi connectivity index (χ4v) is 3.29. The SMILES string of the molecule is CCC(C)C(NC(=O)C(CCC(N)=O)NC(=O)C(N)CCSC)C(=O)NC(C(=O)O)C(C)O. The number of carboxylic acids is 1. The van der Waals surface area contributed by atoms with Crippen molar-refractivity contribution in [2.45, 2.75) is 76.7 Å². The molecule has 190 valence electrons. The van der Waals surface area contributed by atoms with Crippen molar-refractivity contribution >= 4 is 41.4 Å². The Morgan fingerprint density at radius 1 is 0.939 bits per heavy atom. The number of hydrogen-bond acceptors (Lipinski definition) is 8. The molecule has 0 radical (unpaired) electrons. The standard InChI is InChI=1S/C20H37N5O7S/c1-5-10(2)15(19(30)25-16(11(3)26)20(31)32)24-18(29)13(6-7-14(22)27)23-17(28)12(21)8-9-33-4/h10-13,15-16,26H,5-9,21H2,1-4H3,(H2,22,27)(H,23,28)(H,24,29)(H,25,30)(H,31,32). The van der Waals surface area contributed by atoms with Crippen molar-refractivity contribution in [2.75, 3.05) is 12.0 Å². The molecule has 0 saturated carbocycles. The van der Waals surface area contributed by atoms with Crippen molar-refractivity contribution < 1.29 is 34.2 Å². The van der Waals surface area contributed by atoms with Crippen LogP contribution in [0.1, 0.15) is 46.5 Å². The smallest absolute Gasteiger partial charge is 0.328 e. The zero-order chi connectivity index (χ0) is 25.7. The minimum Gasteiger partial charge on any atom is -0.480 e. The summed E-state index contributed by atoms with van der Waals surface area (Å²) in [6, 6.07) is -4.77. The number of amides is 4. The number of thioether (sulfide) groups is 1. The molecule has 0 aromatic heterocycles. The van der Waals surface area contributed by atoms with Crippen LogP contribution in [0.4, 0.5) is 0 Å². The maximum absolute atomic E-state index is 12.9. The van der Waals surface area contributed by atoms with Crippen LogP contribution in [-0.4, -0.2) is 82.1 Å². The third-order valence-electron chi connectivity index (χ3n) is 5.12. The number of aliphatic hydroxyl groups is 1. The molecule has 33 heavy (non-hydrogen) atoms. The number of nitrogens with two attached hydrogens (primary N) is 2. The Hall–Kier alpha value is -2.38. The summed E-state index contributed by atoms with van der Waals surface area (Å²) in [6.45, 7) is 4.67. The Labute approximate surface area is 198 Å². The lowest BCUT2D eigenvalue weighted by Crippen LogP contribution is -2.59. The quantitative estimate of drug-likeness (QED) is 0.131. The first kappa shape index (κ1) is 30.6. The summed E-state index contributed by atoms with van der Waals surface area (Å²) in [4.78, 5) is 60.6. The molecule has 6 unspecified atom stereocenters. The summed E-state index contributed by atoms with van der Waals surface area (Å²) in [7, 11) is 0. The van der Waals surface area contributed by atoms with Crippen LogP contribution in [0, 0.1) is 5.92 Å². The molecule has 0 heterocycles. The van der Waals surface area contributed by atoms with Gasteiger partial charge in [-0.25, -0.2) is 4.79 Å². The zero-order valence-electron chi connectivity index (χ0n) is 19.5. The molecule has 13 heteroatoms. The molecule has 6 atom stereocenters. The molecule has 0 aromatic carbocycles. The molecular weight excluding hydrogens is 454 g/mol. The van der Waals surface area contributed by atoms with E-state index in [0.717, 1.165) is 0 Å². The second-order valence-electron chi connectivity index (χ2n) is 7.89. The molecule has 12 nitrogen and oxygen atoms in total. The second kappa shape index (κ2) is 15.5. The van der Waals surface area contributed by atoms with Crippen LogP contribution < -0.4 is 27.4 Å². The van der Waals surface area contributed by atoms with Crippen LogP contribution in [0.5, 0.6) is 0 Å². The highest BCUT2D eigenvalue weighted by Gasteiger charge is 2.34. The molecule has 0 aliphatic heterocycles. The number of carboxylic acid groups (broad SMARTS) is 1. The van der Waals surface area contributed by atoms with Crippen LogP contribution in [0.15, 0.2) is 0 Å². The number of rotatable bonds is 16. The van der Waals surface area contributed by atoms with Gasteiger partial charge in [-0.1, -0.05) is 20.3 Å². The van der Waals surface area contributed by atoms with Gasteiger partial charge in [-0.15, -0.1) is 0 Å². The van der Waals surface area contributed by atoms with E-state index in [2.05, 4.69) is 16.0 Å². The van der Waals surface area contributed by atoms with Gasteiger partial charge in [0.05, 0.1) is 12.1 Å². The van der Waals surface area contributed by atoms with Crippen molar-refractivity contribution in [1.29, 1.82) is 0 Å². The third-order valence-corrected chi connectivity index (χ3v) is 5.77. The number of hydrogen-bond donors (Lipinski definition) is 7. The van der Waals surface area contributed by atoms with Gasteiger partial charge >= 0.3 is 5.97 Å². The Balaban J connectivity index is 5.56. The summed E-state index contributed by atoms with van der Waals surface area (Å²) in [5, 5.41) is 26.1. The lowest BCUT2D eigenvalue weighted by molar-refractivity contribution is -0.145. The number of carbonyl (C=O) groups excluding carboxylic acids is 4. The number of aliphatic hydroxyl groups excluding tert-OH is 1. The molecule has 0 rings (SSSR count). The number of nitrogens with one attached hydrogen (secondary N) is 3. The van der Waals surface area contributed by atoms with E-state index in [-0.39, 0.29) is 12.8 Å². The largest absolute Gasteiger partial charge is 0.480 e. The van der Waals surface area contributed by atoms with Gasteiger partial charge in [-0.05, 0) is 37.7 Å². The Morgan fingerprint density at radius 2 is 1.52 bits per heavy atom. The normalized spacial score (nSPS) is 16.4. The average Bonchev–Trinajstić information content (AvgIpc) is 2.74. The second-order valence-corrected chi connectivity index (χ2v) is 8.88. The minimum absolute atomic E-state index is 0.109. The lowest BCUT2D eigenvalue weighted by Gasteiger charge is -2.28. The third kappa shape index (κ3) is 11.3. The van der Waals surface area contributed by atoms with E-state index in [0.29, 0.717) is 18.6 Å². The number of primary amides is 1. The minimum atomic E-state index is -1.57. The fourth-order valence-electron chi connectivity index (χ4n) is 2.80. The highest BCUT2D eigenvalue weighted by molar-refractivity contribution is 7.98. The first-order valence-electron chi connectivity index (χ1n) is 10.7. The molecule has 0 aromatic rings. The van der Waals surface area contributed by atoms with Gasteiger partial charge < -0.3 is 37.6 Å². The summed E-state index contributed by atoms with van der Waals surface area (Å²) in [6.07, 6.45) is 1.03. The molecule has 9 N–H and O–H groups in total. The van der Waals surface area contributed by atoms with Crippen LogP contribution >= 0.6 is 11.8 Å². The summed E-state index contributed by atoms with van der Waals surface area (Å²) in [5.41, 5.74) is 11.0. The van der Waals surface area contributed by atoms with Gasteiger partial charge in [-0.2, -0.15) is 11.8 Å². The van der Waals surface area contributed by atoms with E-state index in [1.807, 2.05) is 6.26 Å². The zero-order valence-corrected chi connectivity index (χ0v) is 20.3. The van der Waals surface area contributed by atoms with Crippen molar-refractivity contribution in [2.24, 2.45) is 17.4 Å². The van der Waals surface area contributed by atoms with Crippen molar-refractivity contribution in [1.82, 2.24) is 16.0 Å². The predicted octanol–water partition coefficient (Wildman–Crippen LogP) is -1.70. The fraction of sp³-hybridized carbons (Fsp3) is 0.750. The number of carbonyl (C=O) groups is 5. The van der Waals surface area contributed by atoms with E-state index in [1.54, 1.807) is 13.8 Å². The lowest BCUT2D eigenvalue weighted by atomic mass is 9.96. The maximum atomic E-state index is 12.9. The highest BCUT2D eigenvalue weighted by atomic mass is 32.2. The molecule has 0 aliphatic carbocycles. The molecule has 0 aliphatic rings. The summed E-state index contributed by atoms with van der Waals surface area (Å²) in [5.74, 6) is -4.01. The van der Waals surface area contributed by atoms with Gasteiger partial charge in [0.15, 0.2) is 6.04 Å². The Bertz CT molecular complexity index is 692. The van der Waals surface area contributed by atoms with Gasteiger partial charge in [0.25, 0.3) is 0 Å². The van der Waals surface area contributed by atoms with Crippen molar-refractivity contribution in [3.8, 4) is 0 Å². The molecular formula is C20H37N5O7S. The highest BCUT2D eigenvalue weighted by Crippen LogP contribution is 2.11.